The summed E-state index contributed by atoms with van der Waals surface area (Å²) in [6, 6.07) is 1.85. The molecule has 106 valence electrons. The summed E-state index contributed by atoms with van der Waals surface area (Å²) in [5.74, 6) is 2.11. The Bertz CT molecular complexity index is 549. The van der Waals surface area contributed by atoms with Gasteiger partial charge in [0.1, 0.15) is 11.6 Å². The van der Waals surface area contributed by atoms with Gasteiger partial charge < -0.3 is 4.90 Å². The van der Waals surface area contributed by atoms with Gasteiger partial charge in [0.2, 0.25) is 0 Å². The molecule has 0 unspecified atom stereocenters. The first kappa shape index (κ1) is 14.2. The fourth-order valence-corrected chi connectivity index (χ4v) is 3.33. The quantitative estimate of drug-likeness (QED) is 0.779. The topological polar surface area (TPSA) is 63.2 Å². The molecule has 0 atom stereocenters. The Morgan fingerprint density at radius 2 is 1.95 bits per heavy atom. The zero-order valence-corrected chi connectivity index (χ0v) is 12.6. The van der Waals surface area contributed by atoms with Crippen LogP contribution in [0.2, 0.25) is 0 Å². The van der Waals surface area contributed by atoms with Crippen molar-refractivity contribution >= 4 is 15.7 Å². The van der Waals surface area contributed by atoms with Gasteiger partial charge in [0.25, 0.3) is 0 Å². The zero-order valence-electron chi connectivity index (χ0n) is 11.8. The van der Waals surface area contributed by atoms with Crippen molar-refractivity contribution in [3.8, 4) is 0 Å². The minimum atomic E-state index is -2.88. The molecule has 1 aromatic rings. The third-order valence-corrected chi connectivity index (χ3v) is 4.91. The van der Waals surface area contributed by atoms with Crippen molar-refractivity contribution in [2.75, 3.05) is 29.5 Å². The molecule has 0 aliphatic carbocycles. The van der Waals surface area contributed by atoms with E-state index in [1.54, 1.807) is 6.20 Å². The van der Waals surface area contributed by atoms with Crippen LogP contribution in [-0.2, 0) is 15.3 Å². The van der Waals surface area contributed by atoms with Crippen molar-refractivity contribution in [1.29, 1.82) is 0 Å². The highest BCUT2D eigenvalue weighted by Gasteiger charge is 2.22. The minimum Gasteiger partial charge on any atom is -0.355 e. The van der Waals surface area contributed by atoms with Gasteiger partial charge in [-0.1, -0.05) is 20.8 Å². The first-order valence-corrected chi connectivity index (χ1v) is 8.39. The van der Waals surface area contributed by atoms with E-state index in [0.717, 1.165) is 18.2 Å². The number of anilines is 1. The van der Waals surface area contributed by atoms with Gasteiger partial charge in [-0.15, -0.1) is 0 Å². The molecule has 0 radical (unpaired) electrons. The maximum Gasteiger partial charge on any atom is 0.152 e. The van der Waals surface area contributed by atoms with Gasteiger partial charge in [-0.3, -0.25) is 0 Å². The number of hydrogen-bond donors (Lipinski definition) is 0. The standard InChI is InChI=1S/C13H21N3O2S/c1-13(2,3)12-14-6-5-11(15-12)16-7-4-9-19(17,18)10-8-16/h5-6H,4,7-10H2,1-3H3. The van der Waals surface area contributed by atoms with E-state index in [1.165, 1.54) is 0 Å². The Labute approximate surface area is 115 Å². The van der Waals surface area contributed by atoms with Crippen LogP contribution in [0, 0.1) is 0 Å². The highest BCUT2D eigenvalue weighted by atomic mass is 32.2. The molecule has 0 bridgehead atoms. The van der Waals surface area contributed by atoms with Crippen LogP contribution in [0.3, 0.4) is 0 Å². The highest BCUT2D eigenvalue weighted by molar-refractivity contribution is 7.91. The molecule has 1 fully saturated rings. The van der Waals surface area contributed by atoms with E-state index in [1.807, 2.05) is 11.0 Å². The summed E-state index contributed by atoms with van der Waals surface area (Å²) in [7, 11) is -2.88. The van der Waals surface area contributed by atoms with Crippen LogP contribution < -0.4 is 4.90 Å². The minimum absolute atomic E-state index is 0.103. The molecule has 2 heterocycles. The highest BCUT2D eigenvalue weighted by Crippen LogP contribution is 2.21. The number of nitrogens with zero attached hydrogens (tertiary/aromatic N) is 3. The maximum absolute atomic E-state index is 11.6. The van der Waals surface area contributed by atoms with Crippen LogP contribution in [0.15, 0.2) is 12.3 Å². The molecule has 1 saturated heterocycles. The molecule has 0 amide bonds. The zero-order chi connectivity index (χ0) is 14.1. The lowest BCUT2D eigenvalue weighted by atomic mass is 9.96. The summed E-state index contributed by atoms with van der Waals surface area (Å²) in [5.41, 5.74) is -0.103. The lowest BCUT2D eigenvalue weighted by molar-refractivity contribution is 0.544. The van der Waals surface area contributed by atoms with Crippen LogP contribution in [0.1, 0.15) is 33.0 Å². The SMILES string of the molecule is CC(C)(C)c1nccc(N2CCCS(=O)(=O)CC2)n1. The van der Waals surface area contributed by atoms with E-state index in [2.05, 4.69) is 30.7 Å². The maximum atomic E-state index is 11.6. The molecular weight excluding hydrogens is 262 g/mol. The number of sulfone groups is 1. The third-order valence-electron chi connectivity index (χ3n) is 3.19. The van der Waals surface area contributed by atoms with E-state index in [0.29, 0.717) is 13.0 Å². The second-order valence-electron chi connectivity index (χ2n) is 5.98. The first-order chi connectivity index (χ1) is 8.78. The predicted molar refractivity (Wildman–Crippen MR) is 76.2 cm³/mol. The van der Waals surface area contributed by atoms with Crippen molar-refractivity contribution in [1.82, 2.24) is 9.97 Å². The summed E-state index contributed by atoms with van der Waals surface area (Å²) >= 11 is 0. The van der Waals surface area contributed by atoms with Crippen LogP contribution in [0.5, 0.6) is 0 Å². The smallest absolute Gasteiger partial charge is 0.152 e. The molecule has 0 aromatic carbocycles. The number of rotatable bonds is 1. The van der Waals surface area contributed by atoms with Crippen LogP contribution in [0.4, 0.5) is 5.82 Å². The lowest BCUT2D eigenvalue weighted by Gasteiger charge is -2.23. The Morgan fingerprint density at radius 3 is 2.63 bits per heavy atom. The molecule has 1 aromatic heterocycles. The van der Waals surface area contributed by atoms with Gasteiger partial charge >= 0.3 is 0 Å². The summed E-state index contributed by atoms with van der Waals surface area (Å²) in [5, 5.41) is 0. The number of aromatic nitrogens is 2. The summed E-state index contributed by atoms with van der Waals surface area (Å²) < 4.78 is 23.2. The molecule has 2 rings (SSSR count). The number of hydrogen-bond acceptors (Lipinski definition) is 5. The van der Waals surface area contributed by atoms with Crippen molar-refractivity contribution in [3.05, 3.63) is 18.1 Å². The van der Waals surface area contributed by atoms with Crippen LogP contribution in [0.25, 0.3) is 0 Å². The third kappa shape index (κ3) is 3.65. The second kappa shape index (κ2) is 5.07. The Balaban J connectivity index is 2.23. The van der Waals surface area contributed by atoms with Crippen LogP contribution in [-0.4, -0.2) is 43.0 Å². The van der Waals surface area contributed by atoms with Crippen molar-refractivity contribution in [2.24, 2.45) is 0 Å². The average Bonchev–Trinajstić information content (AvgIpc) is 2.49. The van der Waals surface area contributed by atoms with E-state index >= 15 is 0 Å². The van der Waals surface area contributed by atoms with Crippen LogP contribution >= 0.6 is 0 Å². The van der Waals surface area contributed by atoms with E-state index < -0.39 is 9.84 Å². The summed E-state index contributed by atoms with van der Waals surface area (Å²) in [4.78, 5) is 10.9. The molecular formula is C13H21N3O2S. The van der Waals surface area contributed by atoms with Gasteiger partial charge in [-0.25, -0.2) is 18.4 Å². The Kier molecular flexibility index (Phi) is 3.80. The fraction of sp³-hybridized carbons (Fsp3) is 0.692. The largest absolute Gasteiger partial charge is 0.355 e. The van der Waals surface area contributed by atoms with Gasteiger partial charge in [0.05, 0.1) is 11.5 Å². The van der Waals surface area contributed by atoms with Gasteiger partial charge in [-0.2, -0.15) is 0 Å². The Hall–Kier alpha value is -1.17. The lowest BCUT2D eigenvalue weighted by Crippen LogP contribution is -2.28. The Morgan fingerprint density at radius 1 is 1.21 bits per heavy atom. The van der Waals surface area contributed by atoms with E-state index in [-0.39, 0.29) is 16.9 Å². The van der Waals surface area contributed by atoms with Gasteiger partial charge in [-0.05, 0) is 12.5 Å². The van der Waals surface area contributed by atoms with Gasteiger partial charge in [0.15, 0.2) is 9.84 Å². The van der Waals surface area contributed by atoms with Crippen molar-refractivity contribution in [2.45, 2.75) is 32.6 Å². The average molecular weight is 283 g/mol. The van der Waals surface area contributed by atoms with Gasteiger partial charge in [0, 0.05) is 24.7 Å². The molecule has 6 heteroatoms. The van der Waals surface area contributed by atoms with Crippen molar-refractivity contribution in [3.63, 3.8) is 0 Å². The fourth-order valence-electron chi connectivity index (χ4n) is 2.05. The molecule has 5 nitrogen and oxygen atoms in total. The predicted octanol–water partition coefficient (Wildman–Crippen LogP) is 1.40. The molecule has 0 spiro atoms. The molecule has 0 N–H and O–H groups in total. The molecule has 19 heavy (non-hydrogen) atoms. The second-order valence-corrected chi connectivity index (χ2v) is 8.28. The normalized spacial score (nSPS) is 20.1. The molecule has 1 aliphatic heterocycles. The molecule has 0 saturated carbocycles. The summed E-state index contributed by atoms with van der Waals surface area (Å²) in [6.45, 7) is 7.46. The monoisotopic (exact) mass is 283 g/mol. The summed E-state index contributed by atoms with van der Waals surface area (Å²) in [6.07, 6.45) is 2.42. The molecule has 1 aliphatic rings. The van der Waals surface area contributed by atoms with Crippen molar-refractivity contribution < 1.29 is 8.42 Å². The first-order valence-electron chi connectivity index (χ1n) is 6.57. The van der Waals surface area contributed by atoms with E-state index in [4.69, 9.17) is 0 Å². The van der Waals surface area contributed by atoms with E-state index in [9.17, 15) is 8.42 Å².